The molecule has 0 radical (unpaired) electrons. The van der Waals surface area contributed by atoms with Crippen molar-refractivity contribution < 1.29 is 0 Å². The quantitative estimate of drug-likeness (QED) is 0.785. The van der Waals surface area contributed by atoms with E-state index in [1.807, 2.05) is 0 Å². The van der Waals surface area contributed by atoms with Crippen LogP contribution < -0.4 is 5.73 Å². The molecule has 2 saturated carbocycles. The van der Waals surface area contributed by atoms with E-state index in [0.717, 1.165) is 18.5 Å². The van der Waals surface area contributed by atoms with E-state index in [1.165, 1.54) is 45.1 Å². The van der Waals surface area contributed by atoms with Crippen molar-refractivity contribution >= 4 is 0 Å². The van der Waals surface area contributed by atoms with Crippen molar-refractivity contribution in [1.82, 2.24) is 4.90 Å². The molecule has 0 aromatic carbocycles. The van der Waals surface area contributed by atoms with Gasteiger partial charge in [0.2, 0.25) is 0 Å². The van der Waals surface area contributed by atoms with Gasteiger partial charge in [0.25, 0.3) is 0 Å². The first-order valence-electron chi connectivity index (χ1n) is 7.85. The zero-order valence-electron chi connectivity index (χ0n) is 12.8. The molecule has 2 nitrogen and oxygen atoms in total. The summed E-state index contributed by atoms with van der Waals surface area (Å²) < 4.78 is 0. The van der Waals surface area contributed by atoms with Crippen LogP contribution in [0.25, 0.3) is 0 Å². The third-order valence-electron chi connectivity index (χ3n) is 5.00. The fourth-order valence-corrected chi connectivity index (χ4v) is 3.77. The molecule has 2 aliphatic rings. The Morgan fingerprint density at radius 2 is 1.89 bits per heavy atom. The van der Waals surface area contributed by atoms with E-state index in [9.17, 15) is 0 Å². The minimum absolute atomic E-state index is 0.319. The third kappa shape index (κ3) is 3.08. The largest absolute Gasteiger partial charge is 0.329 e. The summed E-state index contributed by atoms with van der Waals surface area (Å²) in [5.74, 6) is 0.801. The Balaban J connectivity index is 2.07. The number of hydrogen-bond acceptors (Lipinski definition) is 2. The minimum Gasteiger partial charge on any atom is -0.329 e. The first-order chi connectivity index (χ1) is 8.38. The van der Waals surface area contributed by atoms with E-state index in [4.69, 9.17) is 5.73 Å². The van der Waals surface area contributed by atoms with Crippen molar-refractivity contribution in [1.29, 1.82) is 0 Å². The van der Waals surface area contributed by atoms with E-state index in [-0.39, 0.29) is 0 Å². The predicted molar refractivity (Wildman–Crippen MR) is 78.6 cm³/mol. The van der Waals surface area contributed by atoms with E-state index >= 15 is 0 Å². The Labute approximate surface area is 113 Å². The fourth-order valence-electron chi connectivity index (χ4n) is 3.77. The van der Waals surface area contributed by atoms with Crippen molar-refractivity contribution in [2.75, 3.05) is 13.1 Å². The summed E-state index contributed by atoms with van der Waals surface area (Å²) in [5, 5.41) is 0. The summed E-state index contributed by atoms with van der Waals surface area (Å²) in [4.78, 5) is 2.81. The van der Waals surface area contributed by atoms with Crippen LogP contribution in [0.3, 0.4) is 0 Å². The molecule has 0 bridgehead atoms. The highest BCUT2D eigenvalue weighted by Gasteiger charge is 2.49. The number of nitrogens with two attached hydrogens (primary N) is 1. The van der Waals surface area contributed by atoms with Gasteiger partial charge in [0.05, 0.1) is 0 Å². The molecule has 0 aromatic heterocycles. The Bertz CT molecular complexity index is 281. The van der Waals surface area contributed by atoms with Crippen molar-refractivity contribution in [2.24, 2.45) is 17.1 Å². The maximum atomic E-state index is 6.22. The molecule has 1 atom stereocenters. The van der Waals surface area contributed by atoms with Gasteiger partial charge in [-0.2, -0.15) is 0 Å². The second-order valence-corrected chi connectivity index (χ2v) is 7.88. The minimum atomic E-state index is 0.319. The summed E-state index contributed by atoms with van der Waals surface area (Å²) in [7, 11) is 0. The van der Waals surface area contributed by atoms with Gasteiger partial charge in [-0.1, -0.05) is 27.7 Å². The summed E-state index contributed by atoms with van der Waals surface area (Å²) in [5.41, 5.74) is 7.03. The summed E-state index contributed by atoms with van der Waals surface area (Å²) in [6, 6.07) is 0.848. The van der Waals surface area contributed by atoms with Gasteiger partial charge in [-0.15, -0.1) is 0 Å². The van der Waals surface area contributed by atoms with Gasteiger partial charge >= 0.3 is 0 Å². The van der Waals surface area contributed by atoms with Crippen LogP contribution in [0.2, 0.25) is 0 Å². The zero-order valence-corrected chi connectivity index (χ0v) is 12.8. The monoisotopic (exact) mass is 252 g/mol. The molecule has 0 heterocycles. The molecule has 0 amide bonds. The summed E-state index contributed by atoms with van der Waals surface area (Å²) in [6.45, 7) is 11.6. The van der Waals surface area contributed by atoms with Gasteiger partial charge in [-0.05, 0) is 56.4 Å². The molecular weight excluding hydrogens is 220 g/mol. The highest BCUT2D eigenvalue weighted by molar-refractivity contribution is 5.06. The van der Waals surface area contributed by atoms with Gasteiger partial charge in [0.1, 0.15) is 0 Å². The normalized spacial score (nSPS) is 31.5. The van der Waals surface area contributed by atoms with Crippen LogP contribution in [0.15, 0.2) is 0 Å². The first-order valence-corrected chi connectivity index (χ1v) is 7.85. The molecule has 0 aromatic rings. The highest BCUT2D eigenvalue weighted by Crippen LogP contribution is 2.49. The van der Waals surface area contributed by atoms with Crippen molar-refractivity contribution in [2.45, 2.75) is 77.8 Å². The molecule has 0 spiro atoms. The van der Waals surface area contributed by atoms with Crippen molar-refractivity contribution in [3.05, 3.63) is 0 Å². The molecule has 2 aliphatic carbocycles. The maximum absolute atomic E-state index is 6.22. The Hall–Kier alpha value is -0.0800. The van der Waals surface area contributed by atoms with Gasteiger partial charge < -0.3 is 5.73 Å². The molecular formula is C16H32N2. The van der Waals surface area contributed by atoms with Gasteiger partial charge in [-0.3, -0.25) is 4.90 Å². The van der Waals surface area contributed by atoms with E-state index < -0.39 is 0 Å². The molecule has 2 N–H and O–H groups in total. The Morgan fingerprint density at radius 3 is 2.28 bits per heavy atom. The average molecular weight is 252 g/mol. The van der Waals surface area contributed by atoms with Crippen LogP contribution >= 0.6 is 0 Å². The summed E-state index contributed by atoms with van der Waals surface area (Å²) in [6.07, 6.45) is 8.07. The molecule has 2 heteroatoms. The van der Waals surface area contributed by atoms with Gasteiger partial charge in [0.15, 0.2) is 0 Å². The maximum Gasteiger partial charge on any atom is 0.0339 e. The van der Waals surface area contributed by atoms with Crippen LogP contribution in [0, 0.1) is 11.3 Å². The smallest absolute Gasteiger partial charge is 0.0339 e. The number of nitrogens with zero attached hydrogens (tertiary/aromatic N) is 1. The molecule has 18 heavy (non-hydrogen) atoms. The van der Waals surface area contributed by atoms with E-state index in [1.54, 1.807) is 0 Å². The van der Waals surface area contributed by atoms with Crippen LogP contribution in [-0.2, 0) is 0 Å². The van der Waals surface area contributed by atoms with Crippen LogP contribution in [0.1, 0.15) is 66.2 Å². The lowest BCUT2D eigenvalue weighted by molar-refractivity contribution is 0.0747. The number of rotatable bonds is 6. The third-order valence-corrected chi connectivity index (χ3v) is 5.00. The van der Waals surface area contributed by atoms with Gasteiger partial charge in [0, 0.05) is 18.1 Å². The number of hydrogen-bond donors (Lipinski definition) is 1. The molecule has 0 saturated heterocycles. The Kier molecular flexibility index (Phi) is 4.08. The van der Waals surface area contributed by atoms with E-state index in [0.29, 0.717) is 11.0 Å². The summed E-state index contributed by atoms with van der Waals surface area (Å²) >= 11 is 0. The molecule has 2 rings (SSSR count). The average Bonchev–Trinajstić information content (AvgIpc) is 3.04. The van der Waals surface area contributed by atoms with Crippen molar-refractivity contribution in [3.8, 4) is 0 Å². The lowest BCUT2D eigenvalue weighted by Crippen LogP contribution is -2.54. The fraction of sp³-hybridized carbons (Fsp3) is 1.00. The topological polar surface area (TPSA) is 29.3 Å². The molecule has 2 fully saturated rings. The lowest BCUT2D eigenvalue weighted by Gasteiger charge is -2.42. The lowest BCUT2D eigenvalue weighted by atomic mass is 9.86. The molecule has 106 valence electrons. The van der Waals surface area contributed by atoms with Crippen LogP contribution in [0.5, 0.6) is 0 Å². The second kappa shape index (κ2) is 5.13. The molecule has 1 unspecified atom stereocenters. The Morgan fingerprint density at radius 1 is 1.22 bits per heavy atom. The zero-order chi connectivity index (χ0) is 13.4. The van der Waals surface area contributed by atoms with Crippen LogP contribution in [-0.4, -0.2) is 29.6 Å². The van der Waals surface area contributed by atoms with Crippen LogP contribution in [0.4, 0.5) is 0 Å². The molecule has 0 aliphatic heterocycles. The van der Waals surface area contributed by atoms with Crippen molar-refractivity contribution in [3.63, 3.8) is 0 Å². The second-order valence-electron chi connectivity index (χ2n) is 7.88. The predicted octanol–water partition coefficient (Wildman–Crippen LogP) is 3.40. The van der Waals surface area contributed by atoms with Gasteiger partial charge in [-0.25, -0.2) is 0 Å². The highest BCUT2D eigenvalue weighted by atomic mass is 15.3. The van der Waals surface area contributed by atoms with E-state index in [2.05, 4.69) is 32.6 Å². The SMILES string of the molecule is CC(C)CCN(C1CC1)C1(CN)CCC(C)(C)C1. The standard InChI is InChI=1S/C16H32N2/c1-13(2)7-10-18(14-5-6-14)16(12-17)9-8-15(3,4)11-16/h13-14H,5-12,17H2,1-4H3. The first kappa shape index (κ1) is 14.3.